The minimum Gasteiger partial charge on any atom is -0.497 e. The highest BCUT2D eigenvalue weighted by atomic mass is 16.5. The first-order valence-corrected chi connectivity index (χ1v) is 13.6. The highest BCUT2D eigenvalue weighted by Crippen LogP contribution is 2.27. The normalized spacial score (nSPS) is 18.8. The summed E-state index contributed by atoms with van der Waals surface area (Å²) < 4.78 is 5.19. The predicted molar refractivity (Wildman–Crippen MR) is 148 cm³/mol. The zero-order chi connectivity index (χ0) is 26.3. The Balaban J connectivity index is 1.15. The van der Waals surface area contributed by atoms with Gasteiger partial charge >= 0.3 is 0 Å². The first-order valence-electron chi connectivity index (χ1n) is 13.6. The van der Waals surface area contributed by atoms with Crippen LogP contribution in [0.3, 0.4) is 0 Å². The summed E-state index contributed by atoms with van der Waals surface area (Å²) in [5.41, 5.74) is 3.24. The molecule has 0 unspecified atom stereocenters. The first kappa shape index (κ1) is 26.0. The third kappa shape index (κ3) is 6.42. The number of anilines is 1. The molecule has 2 aliphatic rings. The Bertz CT molecular complexity index is 1200. The van der Waals surface area contributed by atoms with Crippen LogP contribution in [0.2, 0.25) is 0 Å². The molecular weight excluding hydrogens is 478 g/mol. The van der Waals surface area contributed by atoms with Gasteiger partial charge in [-0.1, -0.05) is 18.6 Å². The summed E-state index contributed by atoms with van der Waals surface area (Å²) in [5.74, 6) is 1.27. The van der Waals surface area contributed by atoms with E-state index in [4.69, 9.17) is 4.74 Å². The van der Waals surface area contributed by atoms with Gasteiger partial charge in [0.15, 0.2) is 0 Å². The third-order valence-electron chi connectivity index (χ3n) is 7.88. The number of aromatic amines is 1. The number of nitrogens with zero attached hydrogens (tertiary/aromatic N) is 3. The molecule has 8 heteroatoms. The van der Waals surface area contributed by atoms with Crippen LogP contribution in [0.15, 0.2) is 61.1 Å². The van der Waals surface area contributed by atoms with E-state index in [0.717, 1.165) is 56.9 Å². The molecule has 1 aromatic heterocycles. The Morgan fingerprint density at radius 1 is 1.05 bits per heavy atom. The highest BCUT2D eigenvalue weighted by Gasteiger charge is 2.29. The number of aromatic nitrogens is 2. The van der Waals surface area contributed by atoms with E-state index in [1.165, 1.54) is 24.8 Å². The summed E-state index contributed by atoms with van der Waals surface area (Å²) >= 11 is 0. The number of methoxy groups -OCH3 is 1. The van der Waals surface area contributed by atoms with Crippen LogP contribution in [-0.4, -0.2) is 70.9 Å². The van der Waals surface area contributed by atoms with Crippen molar-refractivity contribution in [2.45, 2.75) is 44.6 Å². The van der Waals surface area contributed by atoms with E-state index in [1.807, 2.05) is 17.0 Å². The second kappa shape index (κ2) is 12.3. The lowest BCUT2D eigenvalue weighted by atomic mass is 9.91. The Labute approximate surface area is 224 Å². The molecule has 2 fully saturated rings. The van der Waals surface area contributed by atoms with Crippen LogP contribution >= 0.6 is 0 Å². The number of carbonyl (C=O) groups excluding carboxylic acids is 2. The molecule has 0 spiro atoms. The van der Waals surface area contributed by atoms with Gasteiger partial charge in [0.1, 0.15) is 11.4 Å². The Kier molecular flexibility index (Phi) is 8.38. The van der Waals surface area contributed by atoms with Crippen LogP contribution in [0.1, 0.15) is 58.5 Å². The van der Waals surface area contributed by atoms with Crippen LogP contribution in [0.25, 0.3) is 0 Å². The van der Waals surface area contributed by atoms with Gasteiger partial charge < -0.3 is 19.9 Å². The van der Waals surface area contributed by atoms with Crippen molar-refractivity contribution in [3.63, 3.8) is 0 Å². The zero-order valence-electron chi connectivity index (χ0n) is 22.1. The number of ether oxygens (including phenoxy) is 1. The van der Waals surface area contributed by atoms with Crippen LogP contribution in [0.5, 0.6) is 5.75 Å². The van der Waals surface area contributed by atoms with E-state index in [-0.39, 0.29) is 11.8 Å². The van der Waals surface area contributed by atoms with E-state index >= 15 is 0 Å². The minimum absolute atomic E-state index is 0.0516. The minimum atomic E-state index is -0.124. The van der Waals surface area contributed by atoms with Crippen molar-refractivity contribution in [3.05, 3.63) is 77.9 Å². The maximum atomic E-state index is 12.7. The van der Waals surface area contributed by atoms with Crippen LogP contribution in [0, 0.1) is 5.92 Å². The molecule has 38 heavy (non-hydrogen) atoms. The molecule has 2 aromatic carbocycles. The predicted octanol–water partition coefficient (Wildman–Crippen LogP) is 4.62. The Hall–Kier alpha value is -3.65. The second-order valence-electron chi connectivity index (χ2n) is 10.4. The van der Waals surface area contributed by atoms with Crippen LogP contribution < -0.4 is 10.1 Å². The molecular formula is C30H37N5O3. The Morgan fingerprint density at radius 2 is 1.87 bits per heavy atom. The van der Waals surface area contributed by atoms with E-state index in [1.54, 1.807) is 43.9 Å². The molecule has 1 atom stereocenters. The van der Waals surface area contributed by atoms with Gasteiger partial charge in [-0.15, -0.1) is 0 Å². The van der Waals surface area contributed by atoms with Gasteiger partial charge in [-0.25, -0.2) is 4.98 Å². The first-order chi connectivity index (χ1) is 18.6. The average Bonchev–Trinajstić information content (AvgIpc) is 3.50. The lowest BCUT2D eigenvalue weighted by molar-refractivity contribution is 0.0616. The fourth-order valence-electron chi connectivity index (χ4n) is 5.72. The topological polar surface area (TPSA) is 90.6 Å². The molecule has 5 rings (SSSR count). The molecule has 2 N–H and O–H groups in total. The number of amides is 2. The third-order valence-corrected chi connectivity index (χ3v) is 7.88. The van der Waals surface area contributed by atoms with Crippen LogP contribution in [0.4, 0.5) is 5.69 Å². The molecule has 2 saturated heterocycles. The van der Waals surface area contributed by atoms with Gasteiger partial charge in [0.2, 0.25) is 0 Å². The zero-order valence-corrected chi connectivity index (χ0v) is 22.1. The van der Waals surface area contributed by atoms with E-state index in [2.05, 4.69) is 32.3 Å². The number of benzene rings is 2. The van der Waals surface area contributed by atoms with Crippen molar-refractivity contribution in [3.8, 4) is 5.75 Å². The highest BCUT2D eigenvalue weighted by molar-refractivity contribution is 6.04. The fraction of sp³-hybridized carbons (Fsp3) is 0.433. The van der Waals surface area contributed by atoms with Crippen LogP contribution in [-0.2, 0) is 6.42 Å². The number of imidazole rings is 1. The fourth-order valence-corrected chi connectivity index (χ4v) is 5.72. The summed E-state index contributed by atoms with van der Waals surface area (Å²) in [6, 6.07) is 15.9. The summed E-state index contributed by atoms with van der Waals surface area (Å²) in [7, 11) is 1.61. The molecule has 8 nitrogen and oxygen atoms in total. The van der Waals surface area contributed by atoms with Crippen molar-refractivity contribution < 1.29 is 14.3 Å². The number of likely N-dealkylation sites (tertiary alicyclic amines) is 2. The Morgan fingerprint density at radius 3 is 2.61 bits per heavy atom. The number of rotatable bonds is 8. The molecule has 0 radical (unpaired) electrons. The molecule has 3 aromatic rings. The van der Waals surface area contributed by atoms with E-state index < -0.39 is 0 Å². The molecule has 2 amide bonds. The monoisotopic (exact) mass is 515 g/mol. The number of piperidine rings is 2. The average molecular weight is 516 g/mol. The maximum Gasteiger partial charge on any atom is 0.271 e. The van der Waals surface area contributed by atoms with Gasteiger partial charge in [-0.2, -0.15) is 0 Å². The number of carbonyl (C=O) groups is 2. The summed E-state index contributed by atoms with van der Waals surface area (Å²) in [6.45, 7) is 3.82. The van der Waals surface area contributed by atoms with Gasteiger partial charge in [-0.3, -0.25) is 14.5 Å². The van der Waals surface area contributed by atoms with E-state index in [0.29, 0.717) is 23.2 Å². The smallest absolute Gasteiger partial charge is 0.271 e. The van der Waals surface area contributed by atoms with Crippen molar-refractivity contribution in [1.82, 2.24) is 19.8 Å². The second-order valence-corrected chi connectivity index (χ2v) is 10.4. The van der Waals surface area contributed by atoms with Gasteiger partial charge in [-0.05, 0) is 86.5 Å². The molecule has 0 saturated carbocycles. The maximum absolute atomic E-state index is 12.7. The summed E-state index contributed by atoms with van der Waals surface area (Å²) in [5, 5.41) is 3.04. The molecule has 2 aliphatic heterocycles. The molecule has 0 aliphatic carbocycles. The number of H-pyrrole nitrogens is 1. The lowest BCUT2D eigenvalue weighted by Gasteiger charge is -2.40. The number of nitrogens with one attached hydrogen (secondary N) is 2. The quantitative estimate of drug-likeness (QED) is 0.457. The lowest BCUT2D eigenvalue weighted by Crippen LogP contribution is -2.46. The van der Waals surface area contributed by atoms with Crippen molar-refractivity contribution in [1.29, 1.82) is 0 Å². The number of hydrogen-bond donors (Lipinski definition) is 2. The largest absolute Gasteiger partial charge is 0.497 e. The molecule has 200 valence electrons. The van der Waals surface area contributed by atoms with Crippen molar-refractivity contribution >= 4 is 17.5 Å². The number of hydrogen-bond acceptors (Lipinski definition) is 5. The van der Waals surface area contributed by atoms with Crippen molar-refractivity contribution in [2.24, 2.45) is 5.92 Å². The molecule has 0 bridgehead atoms. The summed E-state index contributed by atoms with van der Waals surface area (Å²) in [4.78, 5) is 36.9. The standard InChI is InChI=1S/C30H37N5O3/c1-38-27-10-8-24(9-11-27)29(36)33-25-6-4-5-23(17-25)18-26-7-2-3-14-35(26)20-22-12-15-34(16-13-22)30(37)28-19-31-21-32-28/h4-6,8-11,17,19,21-22,26H,2-3,7,12-16,18,20H2,1H3,(H,31,32)(H,33,36)/t26-/m1/s1. The van der Waals surface area contributed by atoms with Gasteiger partial charge in [0, 0.05) is 36.9 Å². The van der Waals surface area contributed by atoms with Gasteiger partial charge in [0.25, 0.3) is 11.8 Å². The van der Waals surface area contributed by atoms with Crippen molar-refractivity contribution in [2.75, 3.05) is 38.6 Å². The summed E-state index contributed by atoms with van der Waals surface area (Å²) in [6.07, 6.45) is 9.90. The van der Waals surface area contributed by atoms with E-state index in [9.17, 15) is 9.59 Å². The van der Waals surface area contributed by atoms with Gasteiger partial charge in [0.05, 0.1) is 19.6 Å². The molecule has 3 heterocycles. The SMILES string of the molecule is COc1ccc(C(=O)Nc2cccc(C[C@H]3CCCCN3CC3CCN(C(=O)c4cnc[nH]4)CC3)c2)cc1.